The number of aromatic hydroxyl groups is 1. The SMILES string of the molecule is CCN(CC)C(=O)c1ccc([C@H](c2cccc(O)c2)N2C[C@@H](C)N(Cc3ccc(C(=O)O)cc3)C[C@@H]2C)cc1. The highest BCUT2D eigenvalue weighted by Crippen LogP contribution is 2.35. The molecule has 39 heavy (non-hydrogen) atoms. The zero-order valence-electron chi connectivity index (χ0n) is 23.2. The highest BCUT2D eigenvalue weighted by atomic mass is 16.4. The molecule has 3 atom stereocenters. The molecule has 1 aliphatic heterocycles. The van der Waals surface area contributed by atoms with Crippen LogP contribution in [-0.4, -0.2) is 75.1 Å². The number of rotatable bonds is 9. The molecule has 206 valence electrons. The minimum atomic E-state index is -0.916. The Hall–Kier alpha value is -3.68. The quantitative estimate of drug-likeness (QED) is 0.394. The van der Waals surface area contributed by atoms with Gasteiger partial charge in [0.1, 0.15) is 5.75 Å². The number of nitrogens with zero attached hydrogens (tertiary/aromatic N) is 3. The molecular formula is C32H39N3O4. The highest BCUT2D eigenvalue weighted by Gasteiger charge is 2.35. The third kappa shape index (κ3) is 6.49. The van der Waals surface area contributed by atoms with Crippen LogP contribution in [-0.2, 0) is 6.54 Å². The van der Waals surface area contributed by atoms with E-state index in [2.05, 4.69) is 23.6 Å². The van der Waals surface area contributed by atoms with Crippen LogP contribution in [0.3, 0.4) is 0 Å². The van der Waals surface area contributed by atoms with Gasteiger partial charge in [0.25, 0.3) is 5.91 Å². The minimum absolute atomic E-state index is 0.0347. The van der Waals surface area contributed by atoms with Gasteiger partial charge in [-0.2, -0.15) is 0 Å². The average molecular weight is 530 g/mol. The van der Waals surface area contributed by atoms with Crippen molar-refractivity contribution in [1.82, 2.24) is 14.7 Å². The molecule has 0 radical (unpaired) electrons. The first-order chi connectivity index (χ1) is 18.7. The van der Waals surface area contributed by atoms with Gasteiger partial charge in [0.15, 0.2) is 0 Å². The zero-order chi connectivity index (χ0) is 28.1. The largest absolute Gasteiger partial charge is 0.508 e. The average Bonchev–Trinajstić information content (AvgIpc) is 2.93. The Balaban J connectivity index is 1.58. The number of amides is 1. The number of carboxylic acids is 1. The van der Waals surface area contributed by atoms with Crippen molar-refractivity contribution >= 4 is 11.9 Å². The molecule has 1 saturated heterocycles. The van der Waals surface area contributed by atoms with Gasteiger partial charge in [0.2, 0.25) is 0 Å². The van der Waals surface area contributed by atoms with E-state index >= 15 is 0 Å². The van der Waals surface area contributed by atoms with E-state index in [0.717, 1.165) is 36.3 Å². The number of carboxylic acid groups (broad SMARTS) is 1. The first kappa shape index (κ1) is 28.3. The molecule has 2 N–H and O–H groups in total. The van der Waals surface area contributed by atoms with E-state index in [9.17, 15) is 19.8 Å². The van der Waals surface area contributed by atoms with Crippen molar-refractivity contribution in [3.8, 4) is 5.75 Å². The van der Waals surface area contributed by atoms with Gasteiger partial charge in [-0.05, 0) is 80.8 Å². The van der Waals surface area contributed by atoms with Crippen LogP contribution in [0.5, 0.6) is 5.75 Å². The summed E-state index contributed by atoms with van der Waals surface area (Å²) in [7, 11) is 0. The number of aromatic carboxylic acids is 1. The molecule has 0 spiro atoms. The van der Waals surface area contributed by atoms with Crippen LogP contribution >= 0.6 is 0 Å². The molecule has 3 aromatic rings. The molecule has 1 aliphatic rings. The number of hydrogen-bond donors (Lipinski definition) is 2. The number of phenols is 1. The molecule has 7 heteroatoms. The zero-order valence-corrected chi connectivity index (χ0v) is 23.2. The van der Waals surface area contributed by atoms with Gasteiger partial charge in [0.05, 0.1) is 11.6 Å². The molecule has 1 amide bonds. The number of carbonyl (C=O) groups excluding carboxylic acids is 1. The Morgan fingerprint density at radius 2 is 1.51 bits per heavy atom. The summed E-state index contributed by atoms with van der Waals surface area (Å²) in [6.07, 6.45) is 0. The third-order valence-electron chi connectivity index (χ3n) is 7.79. The lowest BCUT2D eigenvalue weighted by atomic mass is 9.92. The molecule has 0 aromatic heterocycles. The third-order valence-corrected chi connectivity index (χ3v) is 7.79. The van der Waals surface area contributed by atoms with Gasteiger partial charge >= 0.3 is 5.97 Å². The van der Waals surface area contributed by atoms with Crippen molar-refractivity contribution in [2.45, 2.75) is 52.4 Å². The summed E-state index contributed by atoms with van der Waals surface area (Å²) in [5.74, 6) is -0.650. The second kappa shape index (κ2) is 12.5. The van der Waals surface area contributed by atoms with Gasteiger partial charge in [0, 0.05) is 50.4 Å². The molecule has 1 fully saturated rings. The fourth-order valence-electron chi connectivity index (χ4n) is 5.56. The van der Waals surface area contributed by atoms with Gasteiger partial charge in [-0.1, -0.05) is 36.4 Å². The standard InChI is InChI=1S/C32H39N3O4/c1-5-33(6-2)31(37)26-16-14-25(15-17-26)30(28-8-7-9-29(36)18-28)35-20-22(3)34(19-23(35)4)21-24-10-12-27(13-11-24)32(38)39/h7-18,22-23,30,36H,5-6,19-21H2,1-4H3,(H,38,39)/t22-,23+,30-/m1/s1. The molecule has 0 bridgehead atoms. The van der Waals surface area contributed by atoms with Crippen LogP contribution < -0.4 is 0 Å². The van der Waals surface area contributed by atoms with E-state index < -0.39 is 5.97 Å². The Labute approximate surface area is 231 Å². The van der Waals surface area contributed by atoms with Crippen LogP contribution in [0.2, 0.25) is 0 Å². The Morgan fingerprint density at radius 3 is 2.10 bits per heavy atom. The van der Waals surface area contributed by atoms with Crippen molar-refractivity contribution in [3.05, 3.63) is 101 Å². The molecular weight excluding hydrogens is 490 g/mol. The number of benzene rings is 3. The monoisotopic (exact) mass is 529 g/mol. The van der Waals surface area contributed by atoms with Crippen molar-refractivity contribution < 1.29 is 19.8 Å². The van der Waals surface area contributed by atoms with Gasteiger partial charge < -0.3 is 15.1 Å². The number of piperazine rings is 1. The number of phenolic OH excluding ortho intramolecular Hbond substituents is 1. The van der Waals surface area contributed by atoms with E-state index in [1.807, 2.05) is 73.3 Å². The van der Waals surface area contributed by atoms with Crippen LogP contribution in [0.15, 0.2) is 72.8 Å². The van der Waals surface area contributed by atoms with E-state index in [1.54, 1.807) is 18.2 Å². The fourth-order valence-corrected chi connectivity index (χ4v) is 5.56. The Morgan fingerprint density at radius 1 is 0.872 bits per heavy atom. The summed E-state index contributed by atoms with van der Waals surface area (Å²) in [6.45, 7) is 12.2. The van der Waals surface area contributed by atoms with E-state index in [1.165, 1.54) is 0 Å². The van der Waals surface area contributed by atoms with Crippen LogP contribution in [0, 0.1) is 0 Å². The first-order valence-electron chi connectivity index (χ1n) is 13.7. The highest BCUT2D eigenvalue weighted by molar-refractivity contribution is 5.94. The van der Waals surface area contributed by atoms with E-state index in [-0.39, 0.29) is 29.8 Å². The maximum Gasteiger partial charge on any atom is 0.335 e. The summed E-state index contributed by atoms with van der Waals surface area (Å²) < 4.78 is 0. The number of hydrogen-bond acceptors (Lipinski definition) is 5. The van der Waals surface area contributed by atoms with E-state index in [0.29, 0.717) is 24.2 Å². The van der Waals surface area contributed by atoms with Crippen molar-refractivity contribution in [3.63, 3.8) is 0 Å². The van der Waals surface area contributed by atoms with Crippen molar-refractivity contribution in [2.75, 3.05) is 26.2 Å². The maximum absolute atomic E-state index is 12.9. The van der Waals surface area contributed by atoms with Gasteiger partial charge in [-0.25, -0.2) is 4.79 Å². The van der Waals surface area contributed by atoms with Crippen molar-refractivity contribution in [2.24, 2.45) is 0 Å². The second-order valence-electron chi connectivity index (χ2n) is 10.4. The lowest BCUT2D eigenvalue weighted by Gasteiger charge is -2.47. The summed E-state index contributed by atoms with van der Waals surface area (Å²) in [5.41, 5.74) is 4.15. The molecule has 4 rings (SSSR count). The first-order valence-corrected chi connectivity index (χ1v) is 13.7. The summed E-state index contributed by atoms with van der Waals surface area (Å²) >= 11 is 0. The van der Waals surface area contributed by atoms with Crippen molar-refractivity contribution in [1.29, 1.82) is 0 Å². The molecule has 3 aromatic carbocycles. The lowest BCUT2D eigenvalue weighted by Crippen LogP contribution is -2.56. The summed E-state index contributed by atoms with van der Waals surface area (Å²) in [6, 6.07) is 22.8. The van der Waals surface area contributed by atoms with Gasteiger partial charge in [-0.15, -0.1) is 0 Å². The van der Waals surface area contributed by atoms with Crippen LogP contribution in [0.1, 0.15) is 71.1 Å². The lowest BCUT2D eigenvalue weighted by molar-refractivity contribution is 0.0195. The fraction of sp³-hybridized carbons (Fsp3) is 0.375. The molecule has 0 aliphatic carbocycles. The maximum atomic E-state index is 12.9. The van der Waals surface area contributed by atoms with Gasteiger partial charge in [-0.3, -0.25) is 14.6 Å². The normalized spacial score (nSPS) is 19.0. The predicted octanol–water partition coefficient (Wildman–Crippen LogP) is 5.26. The van der Waals surface area contributed by atoms with Crippen LogP contribution in [0.4, 0.5) is 0 Å². The Bertz CT molecular complexity index is 1270. The smallest absolute Gasteiger partial charge is 0.335 e. The second-order valence-corrected chi connectivity index (χ2v) is 10.4. The molecule has 7 nitrogen and oxygen atoms in total. The summed E-state index contributed by atoms with van der Waals surface area (Å²) in [5, 5.41) is 19.5. The molecule has 1 heterocycles. The summed E-state index contributed by atoms with van der Waals surface area (Å²) in [4.78, 5) is 30.8. The predicted molar refractivity (Wildman–Crippen MR) is 153 cm³/mol. The Kier molecular flexibility index (Phi) is 9.04. The van der Waals surface area contributed by atoms with E-state index in [4.69, 9.17) is 0 Å². The molecule has 0 saturated carbocycles. The topological polar surface area (TPSA) is 84.3 Å². The molecule has 0 unspecified atom stereocenters. The minimum Gasteiger partial charge on any atom is -0.508 e. The number of carbonyl (C=O) groups is 2. The van der Waals surface area contributed by atoms with Crippen LogP contribution in [0.25, 0.3) is 0 Å².